The van der Waals surface area contributed by atoms with Gasteiger partial charge in [0, 0.05) is 18.9 Å². The van der Waals surface area contributed by atoms with Crippen LogP contribution in [0.3, 0.4) is 0 Å². The van der Waals surface area contributed by atoms with E-state index in [0.717, 1.165) is 12.8 Å². The molecule has 1 fully saturated rings. The molecule has 0 aromatic carbocycles. The molecule has 0 spiro atoms. The summed E-state index contributed by atoms with van der Waals surface area (Å²) in [6.45, 7) is 0.411. The van der Waals surface area contributed by atoms with Gasteiger partial charge in [-0.15, -0.1) is 0 Å². The number of nitrogens with two attached hydrogens (primary N) is 1. The molecule has 140 valence electrons. The molecule has 2 aromatic heterocycles. The fourth-order valence-corrected chi connectivity index (χ4v) is 3.06. The number of primary amides is 1. The molecular formula is C18H18FN5O3. The van der Waals surface area contributed by atoms with E-state index in [4.69, 9.17) is 5.73 Å². The summed E-state index contributed by atoms with van der Waals surface area (Å²) in [5.41, 5.74) is 6.17. The van der Waals surface area contributed by atoms with Crippen LogP contribution in [0.25, 0.3) is 0 Å². The Morgan fingerprint density at radius 1 is 1.19 bits per heavy atom. The van der Waals surface area contributed by atoms with Crippen molar-refractivity contribution in [2.45, 2.75) is 25.3 Å². The minimum atomic E-state index is -0.847. The predicted molar refractivity (Wildman–Crippen MR) is 93.9 cm³/mol. The van der Waals surface area contributed by atoms with Crippen LogP contribution in [0.1, 0.15) is 41.2 Å². The number of aromatic nitrogens is 2. The first-order valence-electron chi connectivity index (χ1n) is 8.44. The van der Waals surface area contributed by atoms with Crippen molar-refractivity contribution >= 4 is 23.4 Å². The van der Waals surface area contributed by atoms with Crippen LogP contribution in [0, 0.1) is 5.95 Å². The van der Waals surface area contributed by atoms with E-state index in [-0.39, 0.29) is 17.3 Å². The van der Waals surface area contributed by atoms with E-state index in [1.807, 2.05) is 0 Å². The second-order valence-corrected chi connectivity index (χ2v) is 6.21. The topological polar surface area (TPSA) is 118 Å². The van der Waals surface area contributed by atoms with Crippen LogP contribution >= 0.6 is 0 Å². The van der Waals surface area contributed by atoms with Crippen molar-refractivity contribution in [1.82, 2.24) is 14.9 Å². The quantitative estimate of drug-likeness (QED) is 0.625. The summed E-state index contributed by atoms with van der Waals surface area (Å²) in [5.74, 6) is -2.86. The number of amides is 3. The van der Waals surface area contributed by atoms with Gasteiger partial charge in [0.25, 0.3) is 0 Å². The minimum Gasteiger partial charge on any atom is -0.366 e. The third-order valence-corrected chi connectivity index (χ3v) is 4.37. The number of nitrogens with one attached hydrogen (secondary N) is 1. The molecule has 1 aliphatic heterocycles. The lowest BCUT2D eigenvalue weighted by Gasteiger charge is -2.35. The predicted octanol–water partition coefficient (Wildman–Crippen LogP) is 1.41. The first kappa shape index (κ1) is 18.4. The highest BCUT2D eigenvalue weighted by Crippen LogP contribution is 2.30. The van der Waals surface area contributed by atoms with E-state index in [9.17, 15) is 18.8 Å². The maximum atomic E-state index is 13.1. The van der Waals surface area contributed by atoms with E-state index in [1.54, 1.807) is 6.07 Å². The van der Waals surface area contributed by atoms with Gasteiger partial charge in [-0.05, 0) is 37.0 Å². The summed E-state index contributed by atoms with van der Waals surface area (Å²) >= 11 is 0. The smallest absolute Gasteiger partial charge is 0.313 e. The van der Waals surface area contributed by atoms with Gasteiger partial charge in [-0.25, -0.2) is 4.98 Å². The second-order valence-electron chi connectivity index (χ2n) is 6.21. The van der Waals surface area contributed by atoms with Gasteiger partial charge in [0.1, 0.15) is 0 Å². The highest BCUT2D eigenvalue weighted by atomic mass is 19.1. The van der Waals surface area contributed by atoms with Gasteiger partial charge in [0.05, 0.1) is 23.5 Å². The number of likely N-dealkylation sites (tertiary alicyclic amines) is 1. The fourth-order valence-electron chi connectivity index (χ4n) is 3.06. The van der Waals surface area contributed by atoms with Crippen molar-refractivity contribution in [1.29, 1.82) is 0 Å². The summed E-state index contributed by atoms with van der Waals surface area (Å²) in [6.07, 6.45) is 6.27. The van der Waals surface area contributed by atoms with Gasteiger partial charge in [-0.3, -0.25) is 19.4 Å². The van der Waals surface area contributed by atoms with Gasteiger partial charge in [-0.1, -0.05) is 6.07 Å². The highest BCUT2D eigenvalue weighted by Gasteiger charge is 2.32. The number of rotatable bonds is 3. The van der Waals surface area contributed by atoms with Gasteiger partial charge in [-0.2, -0.15) is 4.39 Å². The number of nitrogens with zero attached hydrogens (tertiary/aromatic N) is 3. The van der Waals surface area contributed by atoms with E-state index in [2.05, 4.69) is 15.3 Å². The summed E-state index contributed by atoms with van der Waals surface area (Å²) < 4.78 is 13.1. The first-order valence-corrected chi connectivity index (χ1v) is 8.44. The van der Waals surface area contributed by atoms with E-state index in [1.165, 1.54) is 35.6 Å². The number of halogens is 1. The molecule has 3 N–H and O–H groups in total. The molecule has 1 saturated heterocycles. The van der Waals surface area contributed by atoms with Crippen molar-refractivity contribution in [2.75, 3.05) is 11.9 Å². The first-order chi connectivity index (χ1) is 13.0. The Hall–Kier alpha value is -3.36. The van der Waals surface area contributed by atoms with Gasteiger partial charge >= 0.3 is 11.8 Å². The fraction of sp³-hybridized carbons (Fsp3) is 0.278. The standard InChI is InChI=1S/C18H18FN5O3/c19-15-5-4-11(9-22-15)14-3-1-2-6-24(14)18(27)17(26)23-13-7-12(16(20)25)8-21-10-13/h4-5,7-10,14H,1-3,6H2,(H2,20,25)(H,23,26)/t14-/m0/s1. The van der Waals surface area contributed by atoms with E-state index < -0.39 is 23.7 Å². The molecule has 0 bridgehead atoms. The molecule has 9 heteroatoms. The van der Waals surface area contributed by atoms with Gasteiger partial charge in [0.2, 0.25) is 11.9 Å². The summed E-state index contributed by atoms with van der Waals surface area (Å²) in [7, 11) is 0. The maximum Gasteiger partial charge on any atom is 0.313 e. The molecule has 3 heterocycles. The average molecular weight is 371 g/mol. The summed E-state index contributed by atoms with van der Waals surface area (Å²) in [5, 5.41) is 2.44. The zero-order chi connectivity index (χ0) is 19.4. The molecular weight excluding hydrogens is 353 g/mol. The van der Waals surface area contributed by atoms with Crippen molar-refractivity contribution < 1.29 is 18.8 Å². The highest BCUT2D eigenvalue weighted by molar-refractivity contribution is 6.39. The van der Waals surface area contributed by atoms with E-state index in [0.29, 0.717) is 18.5 Å². The minimum absolute atomic E-state index is 0.119. The largest absolute Gasteiger partial charge is 0.366 e. The number of hydrogen-bond donors (Lipinski definition) is 2. The average Bonchev–Trinajstić information content (AvgIpc) is 2.68. The normalized spacial score (nSPS) is 16.6. The third-order valence-electron chi connectivity index (χ3n) is 4.37. The Bertz CT molecular complexity index is 872. The number of hydrogen-bond acceptors (Lipinski definition) is 5. The molecule has 3 amide bonds. The molecule has 3 rings (SSSR count). The Kier molecular flexibility index (Phi) is 5.39. The van der Waals surface area contributed by atoms with Crippen LogP contribution in [0.2, 0.25) is 0 Å². The zero-order valence-corrected chi connectivity index (χ0v) is 14.4. The lowest BCUT2D eigenvalue weighted by Crippen LogP contribution is -2.44. The maximum absolute atomic E-state index is 13.1. The van der Waals surface area contributed by atoms with Gasteiger partial charge in [0.15, 0.2) is 0 Å². The molecule has 1 atom stereocenters. The van der Waals surface area contributed by atoms with Crippen LogP contribution in [-0.2, 0) is 9.59 Å². The number of pyridine rings is 2. The SMILES string of the molecule is NC(=O)c1cncc(NC(=O)C(=O)N2CCCC[C@H]2c2ccc(F)nc2)c1. The Morgan fingerprint density at radius 3 is 2.70 bits per heavy atom. The molecule has 27 heavy (non-hydrogen) atoms. The van der Waals surface area contributed by atoms with Gasteiger partial charge < -0.3 is 16.0 Å². The van der Waals surface area contributed by atoms with Crippen LogP contribution in [-0.4, -0.2) is 39.1 Å². The molecule has 0 radical (unpaired) electrons. The van der Waals surface area contributed by atoms with Crippen molar-refractivity contribution in [2.24, 2.45) is 5.73 Å². The molecule has 2 aromatic rings. The van der Waals surface area contributed by atoms with E-state index >= 15 is 0 Å². The Balaban J connectivity index is 1.76. The van der Waals surface area contributed by atoms with Crippen LogP contribution in [0.15, 0.2) is 36.8 Å². The molecule has 0 aliphatic carbocycles. The lowest BCUT2D eigenvalue weighted by molar-refractivity contribution is -0.145. The number of carbonyl (C=O) groups is 3. The van der Waals surface area contributed by atoms with Crippen LogP contribution in [0.4, 0.5) is 10.1 Å². The lowest BCUT2D eigenvalue weighted by atomic mass is 9.96. The second kappa shape index (κ2) is 7.90. The number of carbonyl (C=O) groups excluding carboxylic acids is 3. The van der Waals surface area contributed by atoms with Crippen LogP contribution < -0.4 is 11.1 Å². The number of anilines is 1. The summed E-state index contributed by atoms with van der Waals surface area (Å²) in [4.78, 5) is 45.2. The molecule has 0 saturated carbocycles. The molecule has 1 aliphatic rings. The number of piperidine rings is 1. The van der Waals surface area contributed by atoms with Crippen LogP contribution in [0.5, 0.6) is 0 Å². The molecule has 0 unspecified atom stereocenters. The Labute approximate surface area is 154 Å². The zero-order valence-electron chi connectivity index (χ0n) is 14.4. The molecule has 8 nitrogen and oxygen atoms in total. The van der Waals surface area contributed by atoms with Crippen molar-refractivity contribution in [3.8, 4) is 0 Å². The summed E-state index contributed by atoms with van der Waals surface area (Å²) in [6, 6.07) is 3.79. The Morgan fingerprint density at radius 2 is 2.00 bits per heavy atom. The third kappa shape index (κ3) is 4.25. The van der Waals surface area contributed by atoms with Crippen molar-refractivity contribution in [3.63, 3.8) is 0 Å². The van der Waals surface area contributed by atoms with Crippen molar-refractivity contribution in [3.05, 3.63) is 53.9 Å². The monoisotopic (exact) mass is 371 g/mol.